The van der Waals surface area contributed by atoms with E-state index in [1.54, 1.807) is 6.92 Å². The SMILES string of the molecule is CCOCCOC(C)C(=O)NCC1(c2cccc(Br)c2)CCOCC1. The molecule has 1 fully saturated rings. The van der Waals surface area contributed by atoms with E-state index in [1.165, 1.54) is 5.56 Å². The monoisotopic (exact) mass is 413 g/mol. The first-order valence-electron chi connectivity index (χ1n) is 8.88. The molecule has 1 unspecified atom stereocenters. The summed E-state index contributed by atoms with van der Waals surface area (Å²) in [5.74, 6) is -0.0858. The molecule has 0 saturated carbocycles. The summed E-state index contributed by atoms with van der Waals surface area (Å²) in [5, 5.41) is 3.08. The Morgan fingerprint density at radius 1 is 1.36 bits per heavy atom. The molecule has 1 amide bonds. The molecule has 140 valence electrons. The molecule has 0 aromatic heterocycles. The highest BCUT2D eigenvalue weighted by Crippen LogP contribution is 2.35. The fourth-order valence-electron chi connectivity index (χ4n) is 3.05. The minimum absolute atomic E-state index is 0.0858. The van der Waals surface area contributed by atoms with Crippen molar-refractivity contribution in [1.29, 1.82) is 0 Å². The van der Waals surface area contributed by atoms with Crippen molar-refractivity contribution in [2.24, 2.45) is 0 Å². The van der Waals surface area contributed by atoms with Gasteiger partial charge in [0.25, 0.3) is 0 Å². The molecule has 0 bridgehead atoms. The normalized spacial score (nSPS) is 17.9. The number of halogens is 1. The molecule has 1 saturated heterocycles. The third kappa shape index (κ3) is 6.06. The molecule has 6 heteroatoms. The van der Waals surface area contributed by atoms with Crippen molar-refractivity contribution < 1.29 is 19.0 Å². The Balaban J connectivity index is 1.95. The van der Waals surface area contributed by atoms with Crippen molar-refractivity contribution in [3.05, 3.63) is 34.3 Å². The summed E-state index contributed by atoms with van der Waals surface area (Å²) in [7, 11) is 0. The van der Waals surface area contributed by atoms with Gasteiger partial charge in [0.15, 0.2) is 0 Å². The Labute approximate surface area is 158 Å². The number of carbonyl (C=O) groups is 1. The van der Waals surface area contributed by atoms with E-state index in [2.05, 4.69) is 33.4 Å². The van der Waals surface area contributed by atoms with E-state index < -0.39 is 6.10 Å². The van der Waals surface area contributed by atoms with E-state index in [-0.39, 0.29) is 11.3 Å². The standard InChI is InChI=1S/C19H28BrNO4/c1-3-23-11-12-25-15(2)18(22)21-14-19(7-9-24-10-8-19)16-5-4-6-17(20)13-16/h4-6,13,15H,3,7-12,14H2,1-2H3,(H,21,22). The molecule has 1 aliphatic rings. The smallest absolute Gasteiger partial charge is 0.248 e. The molecule has 1 aliphatic heterocycles. The largest absolute Gasteiger partial charge is 0.381 e. The second-order valence-corrected chi connectivity index (χ2v) is 7.25. The fraction of sp³-hybridized carbons (Fsp3) is 0.632. The van der Waals surface area contributed by atoms with Crippen molar-refractivity contribution in [2.75, 3.05) is 39.6 Å². The fourth-order valence-corrected chi connectivity index (χ4v) is 3.45. The van der Waals surface area contributed by atoms with Crippen LogP contribution in [0.5, 0.6) is 0 Å². The third-order valence-electron chi connectivity index (χ3n) is 4.66. The predicted octanol–water partition coefficient (Wildman–Crippen LogP) is 3.06. The van der Waals surface area contributed by atoms with Gasteiger partial charge in [-0.1, -0.05) is 28.1 Å². The summed E-state index contributed by atoms with van der Waals surface area (Å²) < 4.78 is 17.4. The minimum atomic E-state index is -0.486. The zero-order valence-corrected chi connectivity index (χ0v) is 16.6. The van der Waals surface area contributed by atoms with Gasteiger partial charge < -0.3 is 19.5 Å². The van der Waals surface area contributed by atoms with Crippen LogP contribution in [0, 0.1) is 0 Å². The van der Waals surface area contributed by atoms with Gasteiger partial charge in [-0.05, 0) is 44.4 Å². The average Bonchev–Trinajstić information content (AvgIpc) is 2.64. The number of hydrogen-bond donors (Lipinski definition) is 1. The molecule has 2 rings (SSSR count). The van der Waals surface area contributed by atoms with Crippen LogP contribution in [0.1, 0.15) is 32.3 Å². The van der Waals surface area contributed by atoms with Gasteiger partial charge in [-0.2, -0.15) is 0 Å². The van der Waals surface area contributed by atoms with E-state index in [9.17, 15) is 4.79 Å². The van der Waals surface area contributed by atoms with E-state index in [1.807, 2.05) is 19.1 Å². The van der Waals surface area contributed by atoms with Crippen LogP contribution < -0.4 is 5.32 Å². The lowest BCUT2D eigenvalue weighted by molar-refractivity contribution is -0.133. The number of ether oxygens (including phenoxy) is 3. The summed E-state index contributed by atoms with van der Waals surface area (Å²) in [5.41, 5.74) is 1.14. The second kappa shape index (κ2) is 10.3. The molecule has 1 aromatic rings. The molecular formula is C19H28BrNO4. The molecule has 5 nitrogen and oxygen atoms in total. The lowest BCUT2D eigenvalue weighted by Gasteiger charge is -2.38. The minimum Gasteiger partial charge on any atom is -0.381 e. The van der Waals surface area contributed by atoms with Crippen LogP contribution in [0.3, 0.4) is 0 Å². The highest BCUT2D eigenvalue weighted by atomic mass is 79.9. The van der Waals surface area contributed by atoms with Gasteiger partial charge in [-0.15, -0.1) is 0 Å². The van der Waals surface area contributed by atoms with Crippen molar-refractivity contribution in [1.82, 2.24) is 5.32 Å². The maximum absolute atomic E-state index is 12.4. The van der Waals surface area contributed by atoms with Gasteiger partial charge >= 0.3 is 0 Å². The Bertz CT molecular complexity index is 546. The van der Waals surface area contributed by atoms with E-state index in [0.717, 1.165) is 17.3 Å². The lowest BCUT2D eigenvalue weighted by atomic mass is 9.74. The van der Waals surface area contributed by atoms with Crippen LogP contribution in [-0.4, -0.2) is 51.6 Å². The molecular weight excluding hydrogens is 386 g/mol. The van der Waals surface area contributed by atoms with Crippen LogP contribution >= 0.6 is 15.9 Å². The van der Waals surface area contributed by atoms with Gasteiger partial charge in [0.05, 0.1) is 13.2 Å². The summed E-state index contributed by atoms with van der Waals surface area (Å²) in [6, 6.07) is 8.32. The van der Waals surface area contributed by atoms with Gasteiger partial charge in [0.2, 0.25) is 5.91 Å². The molecule has 0 spiro atoms. The Morgan fingerprint density at radius 3 is 2.80 bits per heavy atom. The van der Waals surface area contributed by atoms with Crippen molar-refractivity contribution >= 4 is 21.8 Å². The zero-order valence-electron chi connectivity index (χ0n) is 15.1. The number of hydrogen-bond acceptors (Lipinski definition) is 4. The van der Waals surface area contributed by atoms with Gasteiger partial charge in [0.1, 0.15) is 6.10 Å². The Kier molecular flexibility index (Phi) is 8.36. The zero-order chi connectivity index (χ0) is 18.1. The maximum atomic E-state index is 12.4. The molecule has 1 N–H and O–H groups in total. The van der Waals surface area contributed by atoms with E-state index >= 15 is 0 Å². The van der Waals surface area contributed by atoms with E-state index in [4.69, 9.17) is 14.2 Å². The molecule has 0 radical (unpaired) electrons. The highest BCUT2D eigenvalue weighted by Gasteiger charge is 2.35. The molecule has 0 aliphatic carbocycles. The number of amides is 1. The quantitative estimate of drug-likeness (QED) is 0.632. The predicted molar refractivity (Wildman–Crippen MR) is 101 cm³/mol. The van der Waals surface area contributed by atoms with E-state index in [0.29, 0.717) is 39.6 Å². The van der Waals surface area contributed by atoms with Crippen molar-refractivity contribution in [3.63, 3.8) is 0 Å². The molecule has 1 heterocycles. The van der Waals surface area contributed by atoms with Crippen LogP contribution in [0.15, 0.2) is 28.7 Å². The van der Waals surface area contributed by atoms with Gasteiger partial charge in [-0.25, -0.2) is 0 Å². The van der Waals surface area contributed by atoms with Crippen LogP contribution in [0.25, 0.3) is 0 Å². The maximum Gasteiger partial charge on any atom is 0.248 e. The molecule has 25 heavy (non-hydrogen) atoms. The first-order chi connectivity index (χ1) is 12.1. The first-order valence-corrected chi connectivity index (χ1v) is 9.67. The lowest BCUT2D eigenvalue weighted by Crippen LogP contribution is -2.47. The second-order valence-electron chi connectivity index (χ2n) is 6.33. The number of rotatable bonds is 9. The van der Waals surface area contributed by atoms with Crippen LogP contribution in [-0.2, 0) is 24.4 Å². The highest BCUT2D eigenvalue weighted by molar-refractivity contribution is 9.10. The summed E-state index contributed by atoms with van der Waals surface area (Å²) in [6.07, 6.45) is 1.30. The average molecular weight is 414 g/mol. The van der Waals surface area contributed by atoms with Crippen LogP contribution in [0.4, 0.5) is 0 Å². The van der Waals surface area contributed by atoms with Crippen molar-refractivity contribution in [3.8, 4) is 0 Å². The topological polar surface area (TPSA) is 56.8 Å². The summed E-state index contributed by atoms with van der Waals surface area (Å²) >= 11 is 3.55. The molecule has 1 atom stereocenters. The first kappa shape index (κ1) is 20.4. The number of benzene rings is 1. The summed E-state index contributed by atoms with van der Waals surface area (Å²) in [4.78, 5) is 12.4. The van der Waals surface area contributed by atoms with Gasteiger partial charge in [-0.3, -0.25) is 4.79 Å². The number of carbonyl (C=O) groups excluding carboxylic acids is 1. The van der Waals surface area contributed by atoms with Crippen molar-refractivity contribution in [2.45, 2.75) is 38.2 Å². The summed E-state index contributed by atoms with van der Waals surface area (Å²) in [6.45, 7) is 7.31. The number of nitrogens with one attached hydrogen (secondary N) is 1. The Hall–Kier alpha value is -0.950. The molecule has 1 aromatic carbocycles. The van der Waals surface area contributed by atoms with Crippen LogP contribution in [0.2, 0.25) is 0 Å². The van der Waals surface area contributed by atoms with Gasteiger partial charge in [0, 0.05) is 36.3 Å². The Morgan fingerprint density at radius 2 is 2.12 bits per heavy atom. The third-order valence-corrected chi connectivity index (χ3v) is 5.15.